The van der Waals surface area contributed by atoms with E-state index in [1.165, 1.54) is 30.3 Å². The van der Waals surface area contributed by atoms with E-state index in [-0.39, 0.29) is 26.9 Å². The van der Waals surface area contributed by atoms with Gasteiger partial charge in [-0.05, 0) is 35.9 Å². The third kappa shape index (κ3) is 2.99. The van der Waals surface area contributed by atoms with Crippen molar-refractivity contribution in [1.29, 1.82) is 0 Å². The normalized spacial score (nSPS) is 24.4. The number of hydrogen-bond donors (Lipinski definition) is 0. The molecular weight excluding hydrogens is 557 g/mol. The monoisotopic (exact) mass is 569 g/mol. The molecule has 2 fully saturated rings. The van der Waals surface area contributed by atoms with Crippen LogP contribution in [-0.2, 0) is 14.3 Å². The number of rotatable bonds is 2. The van der Waals surface area contributed by atoms with Gasteiger partial charge in [0.25, 0.3) is 0 Å². The first-order valence-corrected chi connectivity index (χ1v) is 12.3. The van der Waals surface area contributed by atoms with Crippen LogP contribution in [0.4, 0.5) is 5.69 Å². The van der Waals surface area contributed by atoms with Crippen LogP contribution in [0.15, 0.2) is 71.2 Å². The second-order valence-corrected chi connectivity index (χ2v) is 10.4. The van der Waals surface area contributed by atoms with Crippen LogP contribution in [-0.4, -0.2) is 29.0 Å². The number of imide groups is 1. The average Bonchev–Trinajstić information content (AvgIpc) is 3.41. The molecule has 2 saturated heterocycles. The smallest absolute Gasteiger partial charge is 0.241 e. The van der Waals surface area contributed by atoms with Gasteiger partial charge in [0.1, 0.15) is 0 Å². The van der Waals surface area contributed by atoms with Gasteiger partial charge >= 0.3 is 0 Å². The number of anilines is 1. The zero-order valence-electron chi connectivity index (χ0n) is 17.7. The Morgan fingerprint density at radius 1 is 0.800 bits per heavy atom. The van der Waals surface area contributed by atoms with Gasteiger partial charge < -0.3 is 4.74 Å². The Bertz CT molecular complexity index is 1440. The van der Waals surface area contributed by atoms with Gasteiger partial charge in [-0.3, -0.25) is 19.2 Å². The molecule has 0 radical (unpaired) electrons. The average molecular weight is 571 g/mol. The lowest BCUT2D eigenvalue weighted by molar-refractivity contribution is -0.127. The highest BCUT2D eigenvalue weighted by Gasteiger charge is 2.74. The van der Waals surface area contributed by atoms with Crippen molar-refractivity contribution in [2.75, 3.05) is 4.90 Å². The Kier molecular flexibility index (Phi) is 5.06. The fourth-order valence-corrected chi connectivity index (χ4v) is 5.91. The van der Waals surface area contributed by atoms with Crippen molar-refractivity contribution >= 4 is 68.2 Å². The summed E-state index contributed by atoms with van der Waals surface area (Å²) in [6.45, 7) is 0. The first kappa shape index (κ1) is 22.6. The molecule has 6 nitrogen and oxygen atoms in total. The molecule has 1 aliphatic carbocycles. The molecule has 0 saturated carbocycles. The minimum absolute atomic E-state index is 0.165. The summed E-state index contributed by atoms with van der Waals surface area (Å²) >= 11 is 15.6. The second kappa shape index (κ2) is 7.83. The maximum atomic E-state index is 13.9. The third-order valence-corrected chi connectivity index (χ3v) is 8.15. The van der Waals surface area contributed by atoms with Crippen LogP contribution in [0.1, 0.15) is 32.4 Å². The number of hydrogen-bond acceptors (Lipinski definition) is 5. The molecular formula is C26H14BrCl2NO5. The highest BCUT2D eigenvalue weighted by atomic mass is 79.9. The molecule has 0 N–H and O–H groups in total. The number of amides is 2. The highest BCUT2D eigenvalue weighted by Crippen LogP contribution is 2.57. The van der Waals surface area contributed by atoms with Crippen molar-refractivity contribution in [3.63, 3.8) is 0 Å². The van der Waals surface area contributed by atoms with Gasteiger partial charge in [-0.25, -0.2) is 4.90 Å². The van der Waals surface area contributed by atoms with Gasteiger partial charge in [0.2, 0.25) is 29.0 Å². The summed E-state index contributed by atoms with van der Waals surface area (Å²) in [5, 5.41) is 0.427. The van der Waals surface area contributed by atoms with Crippen molar-refractivity contribution in [3.05, 3.63) is 97.9 Å². The van der Waals surface area contributed by atoms with Crippen molar-refractivity contribution in [2.24, 2.45) is 11.8 Å². The van der Waals surface area contributed by atoms with Crippen LogP contribution in [0.25, 0.3) is 0 Å². The molecule has 2 aliphatic heterocycles. The molecule has 3 aromatic rings. The predicted molar refractivity (Wildman–Crippen MR) is 132 cm³/mol. The minimum Gasteiger partial charge on any atom is -0.349 e. The number of fused-ring (bicyclic) bond motifs is 3. The standard InChI is InChI=1S/C26H14BrCl2NO5/c27-13-7-5-12(6-8-13)21-19-20(25(34)30(24(19)33)14-9-10-17(28)18(29)11-14)26(35-21)22(31)15-3-1-2-4-16(15)23(26)32/h1-11,19-21H/t19-,20-,21+/m0/s1. The van der Waals surface area contributed by atoms with E-state index in [0.29, 0.717) is 5.56 Å². The van der Waals surface area contributed by atoms with E-state index in [2.05, 4.69) is 15.9 Å². The molecule has 0 unspecified atom stereocenters. The van der Waals surface area contributed by atoms with Gasteiger partial charge in [0.15, 0.2) is 0 Å². The third-order valence-electron chi connectivity index (χ3n) is 6.88. The van der Waals surface area contributed by atoms with E-state index in [9.17, 15) is 19.2 Å². The van der Waals surface area contributed by atoms with Crippen LogP contribution in [0.3, 0.4) is 0 Å². The first-order valence-electron chi connectivity index (χ1n) is 10.7. The number of halogens is 3. The fourth-order valence-electron chi connectivity index (χ4n) is 5.35. The number of nitrogens with zero attached hydrogens (tertiary/aromatic N) is 1. The molecule has 3 atom stereocenters. The SMILES string of the molecule is O=C1[C@@H]2[C@@H](c3ccc(Br)cc3)OC3(C(=O)c4ccccc4C3=O)[C@@H]2C(=O)N1c1ccc(Cl)c(Cl)c1. The Morgan fingerprint density at radius 3 is 2.03 bits per heavy atom. The molecule has 35 heavy (non-hydrogen) atoms. The highest BCUT2D eigenvalue weighted by molar-refractivity contribution is 9.10. The quantitative estimate of drug-likeness (QED) is 0.302. The van der Waals surface area contributed by atoms with Crippen LogP contribution in [0.2, 0.25) is 10.0 Å². The predicted octanol–water partition coefficient (Wildman–Crippen LogP) is 5.45. The Balaban J connectivity index is 1.54. The number of carbonyl (C=O) groups excluding carboxylic acids is 4. The molecule has 174 valence electrons. The van der Waals surface area contributed by atoms with E-state index >= 15 is 0 Å². The molecule has 2 heterocycles. The molecule has 9 heteroatoms. The molecule has 2 amide bonds. The van der Waals surface area contributed by atoms with Gasteiger partial charge in [-0.1, -0.05) is 75.5 Å². The zero-order valence-corrected chi connectivity index (χ0v) is 20.8. The number of ketones is 2. The van der Waals surface area contributed by atoms with E-state index < -0.39 is 46.9 Å². The molecule has 1 spiro atoms. The molecule has 3 aliphatic rings. The van der Waals surface area contributed by atoms with Gasteiger partial charge in [0.05, 0.1) is 33.7 Å². The summed E-state index contributed by atoms with van der Waals surface area (Å²) in [5.41, 5.74) is -0.969. The maximum Gasteiger partial charge on any atom is 0.241 e. The second-order valence-electron chi connectivity index (χ2n) is 8.64. The maximum absolute atomic E-state index is 13.9. The van der Waals surface area contributed by atoms with Crippen molar-refractivity contribution in [3.8, 4) is 0 Å². The zero-order chi connectivity index (χ0) is 24.6. The lowest BCUT2D eigenvalue weighted by Crippen LogP contribution is -2.51. The summed E-state index contributed by atoms with van der Waals surface area (Å²) in [5.74, 6) is -4.88. The van der Waals surface area contributed by atoms with Crippen molar-refractivity contribution in [2.45, 2.75) is 11.7 Å². The van der Waals surface area contributed by atoms with E-state index in [1.54, 1.807) is 36.4 Å². The van der Waals surface area contributed by atoms with Crippen LogP contribution in [0.5, 0.6) is 0 Å². The van der Waals surface area contributed by atoms with Crippen LogP contribution in [0, 0.1) is 11.8 Å². The molecule has 0 aromatic heterocycles. The van der Waals surface area contributed by atoms with Crippen LogP contribution < -0.4 is 4.90 Å². The topological polar surface area (TPSA) is 80.8 Å². The van der Waals surface area contributed by atoms with Gasteiger partial charge in [0, 0.05) is 15.6 Å². The molecule has 6 rings (SSSR count). The van der Waals surface area contributed by atoms with E-state index in [0.717, 1.165) is 9.37 Å². The van der Waals surface area contributed by atoms with Gasteiger partial charge in [-0.15, -0.1) is 0 Å². The molecule has 3 aromatic carbocycles. The summed E-state index contributed by atoms with van der Waals surface area (Å²) in [4.78, 5) is 56.1. The summed E-state index contributed by atoms with van der Waals surface area (Å²) in [6, 6.07) is 17.8. The minimum atomic E-state index is -2.12. The summed E-state index contributed by atoms with van der Waals surface area (Å²) < 4.78 is 7.05. The fraction of sp³-hybridized carbons (Fsp3) is 0.154. The molecule has 0 bridgehead atoms. The number of benzene rings is 3. The number of Topliss-reactive ketones (excluding diaryl/α,β-unsaturated/α-hetero) is 2. The Morgan fingerprint density at radius 2 is 1.43 bits per heavy atom. The van der Waals surface area contributed by atoms with E-state index in [4.69, 9.17) is 27.9 Å². The number of ether oxygens (including phenoxy) is 1. The Labute approximate surface area is 217 Å². The van der Waals surface area contributed by atoms with Crippen molar-refractivity contribution < 1.29 is 23.9 Å². The first-order chi connectivity index (χ1) is 16.8. The largest absolute Gasteiger partial charge is 0.349 e. The Hall–Kier alpha value is -2.84. The lowest BCUT2D eigenvalue weighted by Gasteiger charge is -2.27. The van der Waals surface area contributed by atoms with E-state index in [1.807, 2.05) is 0 Å². The lowest BCUT2D eigenvalue weighted by atomic mass is 9.77. The van der Waals surface area contributed by atoms with Crippen molar-refractivity contribution in [1.82, 2.24) is 0 Å². The summed E-state index contributed by atoms with van der Waals surface area (Å²) in [7, 11) is 0. The van der Waals surface area contributed by atoms with Crippen LogP contribution >= 0.6 is 39.1 Å². The van der Waals surface area contributed by atoms with Gasteiger partial charge in [-0.2, -0.15) is 0 Å². The summed E-state index contributed by atoms with van der Waals surface area (Å²) in [6.07, 6.45) is -0.987. The number of carbonyl (C=O) groups is 4.